The Labute approximate surface area is 158 Å². The van der Waals surface area contributed by atoms with Crippen molar-refractivity contribution in [1.82, 2.24) is 0 Å². The molecule has 142 valence electrons. The molecule has 0 aliphatic rings. The number of ether oxygens (including phenoxy) is 3. The lowest BCUT2D eigenvalue weighted by Gasteiger charge is -2.16. The molecule has 0 atom stereocenters. The second-order valence-corrected chi connectivity index (χ2v) is 5.62. The monoisotopic (exact) mass is 369 g/mol. The zero-order valence-corrected chi connectivity index (χ0v) is 15.7. The minimum absolute atomic E-state index is 0.0455. The minimum Gasteiger partial charge on any atom is -0.491 e. The number of methoxy groups -OCH3 is 2. The third-order valence-electron chi connectivity index (χ3n) is 3.69. The van der Waals surface area contributed by atoms with Crippen molar-refractivity contribution in [3.8, 4) is 16.9 Å². The lowest BCUT2D eigenvalue weighted by Crippen LogP contribution is -2.16. The van der Waals surface area contributed by atoms with Crippen LogP contribution in [-0.2, 0) is 19.1 Å². The molecule has 0 aliphatic heterocycles. The number of nitrogens with one attached hydrogen (secondary N) is 1. The first kappa shape index (κ1) is 20.0. The maximum Gasteiger partial charge on any atom is 0.354 e. The summed E-state index contributed by atoms with van der Waals surface area (Å²) >= 11 is 0. The van der Waals surface area contributed by atoms with Crippen molar-refractivity contribution < 1.29 is 23.8 Å². The Kier molecular flexibility index (Phi) is 7.43. The van der Waals surface area contributed by atoms with Gasteiger partial charge in [0.1, 0.15) is 11.4 Å². The van der Waals surface area contributed by atoms with Crippen LogP contribution >= 0.6 is 0 Å². The third kappa shape index (κ3) is 5.60. The number of carbonyl (C=O) groups is 2. The maximum atomic E-state index is 12.0. The molecular formula is C21H23NO5. The largest absolute Gasteiger partial charge is 0.491 e. The topological polar surface area (TPSA) is 73.9 Å². The summed E-state index contributed by atoms with van der Waals surface area (Å²) in [6, 6.07) is 15.4. The molecule has 6 nitrogen and oxygen atoms in total. The zero-order chi connectivity index (χ0) is 19.6. The number of anilines is 1. The van der Waals surface area contributed by atoms with E-state index in [-0.39, 0.29) is 5.70 Å². The first-order chi connectivity index (χ1) is 13.1. The first-order valence-electron chi connectivity index (χ1n) is 8.56. The highest BCUT2D eigenvalue weighted by Gasteiger charge is 2.16. The van der Waals surface area contributed by atoms with Gasteiger partial charge in [-0.2, -0.15) is 0 Å². The summed E-state index contributed by atoms with van der Waals surface area (Å²) in [6.07, 6.45) is 1.88. The smallest absolute Gasteiger partial charge is 0.354 e. The molecule has 1 N–H and O–H groups in total. The van der Waals surface area contributed by atoms with Crippen LogP contribution < -0.4 is 10.1 Å². The van der Waals surface area contributed by atoms with Crippen molar-refractivity contribution in [1.29, 1.82) is 0 Å². The number of hydrogen-bond acceptors (Lipinski definition) is 6. The van der Waals surface area contributed by atoms with E-state index in [4.69, 9.17) is 9.47 Å². The molecule has 0 heterocycles. The molecule has 0 aliphatic carbocycles. The predicted molar refractivity (Wildman–Crippen MR) is 103 cm³/mol. The number of esters is 2. The first-order valence-corrected chi connectivity index (χ1v) is 8.56. The Balaban J connectivity index is 2.44. The van der Waals surface area contributed by atoms with Crippen molar-refractivity contribution in [3.63, 3.8) is 0 Å². The molecule has 0 spiro atoms. The van der Waals surface area contributed by atoms with Gasteiger partial charge in [-0.15, -0.1) is 0 Å². The lowest BCUT2D eigenvalue weighted by atomic mass is 10.0. The molecule has 0 fully saturated rings. The van der Waals surface area contributed by atoms with Crippen LogP contribution in [0.2, 0.25) is 0 Å². The maximum absolute atomic E-state index is 12.0. The van der Waals surface area contributed by atoms with Gasteiger partial charge in [0.2, 0.25) is 0 Å². The van der Waals surface area contributed by atoms with Gasteiger partial charge in [0, 0.05) is 0 Å². The van der Waals surface area contributed by atoms with E-state index in [1.165, 1.54) is 14.2 Å². The Hall–Kier alpha value is -3.28. The van der Waals surface area contributed by atoms with Crippen LogP contribution in [0, 0.1) is 0 Å². The molecule has 0 unspecified atom stereocenters. The van der Waals surface area contributed by atoms with Crippen molar-refractivity contribution in [2.75, 3.05) is 26.1 Å². The highest BCUT2D eigenvalue weighted by molar-refractivity contribution is 5.99. The van der Waals surface area contributed by atoms with Crippen LogP contribution in [0.25, 0.3) is 11.1 Å². The molecule has 0 radical (unpaired) electrons. The zero-order valence-electron chi connectivity index (χ0n) is 15.7. The summed E-state index contributed by atoms with van der Waals surface area (Å²) in [4.78, 5) is 23.6. The van der Waals surface area contributed by atoms with Gasteiger partial charge in [0.15, 0.2) is 0 Å². The summed E-state index contributed by atoms with van der Waals surface area (Å²) in [6.45, 7) is 2.52. The van der Waals surface area contributed by atoms with E-state index < -0.39 is 11.9 Å². The van der Waals surface area contributed by atoms with Crippen molar-refractivity contribution in [2.45, 2.75) is 13.3 Å². The third-order valence-corrected chi connectivity index (χ3v) is 3.69. The van der Waals surface area contributed by atoms with Gasteiger partial charge in [0.05, 0.1) is 32.6 Å². The van der Waals surface area contributed by atoms with E-state index in [1.54, 1.807) is 0 Å². The molecule has 6 heteroatoms. The van der Waals surface area contributed by atoms with E-state index in [2.05, 4.69) is 10.1 Å². The van der Waals surface area contributed by atoms with E-state index in [0.717, 1.165) is 23.6 Å². The van der Waals surface area contributed by atoms with Crippen LogP contribution in [0.15, 0.2) is 60.3 Å². The number of carbonyl (C=O) groups excluding carboxylic acids is 2. The fourth-order valence-corrected chi connectivity index (χ4v) is 2.35. The fourth-order valence-electron chi connectivity index (χ4n) is 2.35. The number of rotatable bonds is 8. The summed E-state index contributed by atoms with van der Waals surface area (Å²) in [7, 11) is 2.48. The molecule has 2 rings (SSSR count). The van der Waals surface area contributed by atoms with Crippen LogP contribution in [0.3, 0.4) is 0 Å². The highest BCUT2D eigenvalue weighted by Crippen LogP contribution is 2.32. The molecule has 0 aromatic heterocycles. The Morgan fingerprint density at radius 3 is 2.37 bits per heavy atom. The minimum atomic E-state index is -0.688. The fraction of sp³-hybridized carbons (Fsp3) is 0.238. The molecular weight excluding hydrogens is 346 g/mol. The molecule has 2 aromatic rings. The Morgan fingerprint density at radius 1 is 1.00 bits per heavy atom. The van der Waals surface area contributed by atoms with E-state index >= 15 is 0 Å². The van der Waals surface area contributed by atoms with E-state index in [9.17, 15) is 9.59 Å². The lowest BCUT2D eigenvalue weighted by molar-refractivity contribution is -0.138. The van der Waals surface area contributed by atoms with Gasteiger partial charge in [-0.1, -0.05) is 43.3 Å². The Bertz CT molecular complexity index is 815. The molecule has 27 heavy (non-hydrogen) atoms. The van der Waals surface area contributed by atoms with Crippen LogP contribution in [0.5, 0.6) is 5.75 Å². The molecule has 0 bridgehead atoms. The van der Waals surface area contributed by atoms with Gasteiger partial charge in [-0.25, -0.2) is 9.59 Å². The molecule has 0 saturated heterocycles. The second-order valence-electron chi connectivity index (χ2n) is 5.62. The summed E-state index contributed by atoms with van der Waals surface area (Å²) < 4.78 is 15.1. The van der Waals surface area contributed by atoms with Crippen molar-refractivity contribution in [2.24, 2.45) is 0 Å². The molecule has 0 saturated carbocycles. The number of benzene rings is 2. The summed E-state index contributed by atoms with van der Waals surface area (Å²) in [5.74, 6) is -0.790. The van der Waals surface area contributed by atoms with Crippen molar-refractivity contribution in [3.05, 3.63) is 60.3 Å². The Morgan fingerprint density at radius 2 is 1.74 bits per heavy atom. The van der Waals surface area contributed by atoms with Gasteiger partial charge < -0.3 is 19.5 Å². The average Bonchev–Trinajstić information content (AvgIpc) is 2.72. The van der Waals surface area contributed by atoms with Gasteiger partial charge in [-0.3, -0.25) is 0 Å². The highest BCUT2D eigenvalue weighted by atomic mass is 16.5. The SMILES string of the molecule is CCCOc1ccc(-c2ccccc2)cc1N/C(=C/C(=O)OC)C(=O)OC. The molecule has 2 aromatic carbocycles. The standard InChI is InChI=1S/C21H23NO5/c1-4-12-27-19-11-10-16(15-8-6-5-7-9-15)13-17(19)22-18(21(24)26-3)14-20(23)25-2/h5-11,13-14,22H,4,12H2,1-3H3/b18-14+. The summed E-state index contributed by atoms with van der Waals surface area (Å²) in [5.41, 5.74) is 2.45. The second kappa shape index (κ2) is 10.0. The summed E-state index contributed by atoms with van der Waals surface area (Å²) in [5, 5.41) is 2.94. The van der Waals surface area contributed by atoms with Gasteiger partial charge in [0.25, 0.3) is 0 Å². The average molecular weight is 369 g/mol. The van der Waals surface area contributed by atoms with Crippen LogP contribution in [0.4, 0.5) is 5.69 Å². The van der Waals surface area contributed by atoms with E-state index in [1.807, 2.05) is 55.5 Å². The van der Waals surface area contributed by atoms with Gasteiger partial charge >= 0.3 is 11.9 Å². The predicted octanol–water partition coefficient (Wildman–Crippen LogP) is 3.78. The normalized spacial score (nSPS) is 10.9. The quantitative estimate of drug-likeness (QED) is 0.564. The van der Waals surface area contributed by atoms with Crippen molar-refractivity contribution >= 4 is 17.6 Å². The molecule has 0 amide bonds. The van der Waals surface area contributed by atoms with Gasteiger partial charge in [-0.05, 0) is 29.7 Å². The van der Waals surface area contributed by atoms with Crippen LogP contribution in [0.1, 0.15) is 13.3 Å². The van der Waals surface area contributed by atoms with Crippen LogP contribution in [-0.4, -0.2) is 32.8 Å². The van der Waals surface area contributed by atoms with E-state index in [0.29, 0.717) is 18.0 Å². The number of hydrogen-bond donors (Lipinski definition) is 1.